The van der Waals surface area contributed by atoms with Gasteiger partial charge in [-0.2, -0.15) is 4.99 Å². The second-order valence-corrected chi connectivity index (χ2v) is 6.00. The van der Waals surface area contributed by atoms with Crippen LogP contribution in [0.3, 0.4) is 0 Å². The number of aryl methyl sites for hydroxylation is 1. The Hall–Kier alpha value is -1.83. The first-order valence-electron chi connectivity index (χ1n) is 8.46. The Labute approximate surface area is 144 Å². The number of unbranched alkanes of at least 4 members (excludes halogenated alkanes) is 5. The van der Waals surface area contributed by atoms with Crippen LogP contribution in [0.1, 0.15) is 51.0 Å². The molecule has 3 heteroatoms. The highest BCUT2D eigenvalue weighted by Gasteiger charge is 2.00. The molecule has 2 rings (SSSR count). The molecule has 2 nitrogen and oxygen atoms in total. The van der Waals surface area contributed by atoms with Gasteiger partial charge in [0.25, 0.3) is 0 Å². The molecule has 0 N–H and O–H groups in total. The molecular formula is C20H24N2S. The summed E-state index contributed by atoms with van der Waals surface area (Å²) in [5.41, 5.74) is 4.24. The van der Waals surface area contributed by atoms with Gasteiger partial charge in [-0.05, 0) is 48.8 Å². The van der Waals surface area contributed by atoms with Crippen molar-refractivity contribution in [3.05, 3.63) is 48.2 Å². The van der Waals surface area contributed by atoms with Crippen molar-refractivity contribution in [2.24, 2.45) is 4.99 Å². The average molecular weight is 324 g/mol. The van der Waals surface area contributed by atoms with E-state index < -0.39 is 0 Å². The van der Waals surface area contributed by atoms with E-state index in [9.17, 15) is 0 Å². The second kappa shape index (κ2) is 10.0. The van der Waals surface area contributed by atoms with Crippen molar-refractivity contribution in [2.75, 3.05) is 0 Å². The number of aromatic nitrogens is 1. The molecule has 0 radical (unpaired) electrons. The molecule has 0 amide bonds. The molecule has 0 aliphatic rings. The molecule has 1 aromatic heterocycles. The van der Waals surface area contributed by atoms with Crippen molar-refractivity contribution in [3.8, 4) is 11.3 Å². The first-order valence-corrected chi connectivity index (χ1v) is 8.87. The quantitative estimate of drug-likeness (QED) is 0.303. The van der Waals surface area contributed by atoms with Gasteiger partial charge in [-0.15, -0.1) is 0 Å². The molecule has 120 valence electrons. The number of rotatable bonds is 9. The lowest BCUT2D eigenvalue weighted by atomic mass is 10.0. The van der Waals surface area contributed by atoms with Gasteiger partial charge < -0.3 is 0 Å². The van der Waals surface area contributed by atoms with Crippen molar-refractivity contribution in [3.63, 3.8) is 0 Å². The van der Waals surface area contributed by atoms with Crippen molar-refractivity contribution >= 4 is 23.1 Å². The molecular weight excluding hydrogens is 300 g/mol. The number of isothiocyanates is 1. The highest BCUT2D eigenvalue weighted by atomic mass is 32.1. The summed E-state index contributed by atoms with van der Waals surface area (Å²) < 4.78 is 0. The average Bonchev–Trinajstić information content (AvgIpc) is 2.60. The Morgan fingerprint density at radius 1 is 0.957 bits per heavy atom. The summed E-state index contributed by atoms with van der Waals surface area (Å²) >= 11 is 4.61. The third-order valence-electron chi connectivity index (χ3n) is 3.98. The van der Waals surface area contributed by atoms with E-state index in [0.29, 0.717) is 0 Å². The highest BCUT2D eigenvalue weighted by molar-refractivity contribution is 7.78. The van der Waals surface area contributed by atoms with E-state index in [-0.39, 0.29) is 0 Å². The van der Waals surface area contributed by atoms with Crippen molar-refractivity contribution in [1.29, 1.82) is 0 Å². The zero-order chi connectivity index (χ0) is 16.3. The van der Waals surface area contributed by atoms with Crippen LogP contribution in [0.5, 0.6) is 0 Å². The Morgan fingerprint density at radius 2 is 1.70 bits per heavy atom. The SMILES string of the molecule is CCCCCCCCc1ccc(-c2ccc(N=C=S)cc2)nc1. The fraction of sp³-hybridized carbons (Fsp3) is 0.400. The molecule has 0 atom stereocenters. The van der Waals surface area contributed by atoms with Crippen LogP contribution in [0.2, 0.25) is 0 Å². The van der Waals surface area contributed by atoms with Crippen LogP contribution in [-0.2, 0) is 6.42 Å². The maximum Gasteiger partial charge on any atom is 0.0740 e. The third kappa shape index (κ3) is 6.05. The lowest BCUT2D eigenvalue weighted by molar-refractivity contribution is 0.607. The predicted molar refractivity (Wildman–Crippen MR) is 101 cm³/mol. The minimum Gasteiger partial charge on any atom is -0.256 e. The van der Waals surface area contributed by atoms with Crippen LogP contribution < -0.4 is 0 Å². The van der Waals surface area contributed by atoms with Crippen molar-refractivity contribution in [1.82, 2.24) is 4.98 Å². The van der Waals surface area contributed by atoms with Gasteiger partial charge in [0.15, 0.2) is 0 Å². The Balaban J connectivity index is 1.85. The normalized spacial score (nSPS) is 10.3. The van der Waals surface area contributed by atoms with Crippen LogP contribution in [0.15, 0.2) is 47.6 Å². The summed E-state index contributed by atoms with van der Waals surface area (Å²) in [5, 5.41) is 2.38. The fourth-order valence-electron chi connectivity index (χ4n) is 2.61. The molecule has 0 saturated heterocycles. The number of hydrogen-bond acceptors (Lipinski definition) is 3. The van der Waals surface area contributed by atoms with E-state index in [1.165, 1.54) is 44.1 Å². The number of hydrogen-bond donors (Lipinski definition) is 0. The van der Waals surface area contributed by atoms with E-state index in [1.807, 2.05) is 30.5 Å². The smallest absolute Gasteiger partial charge is 0.0740 e. The highest BCUT2D eigenvalue weighted by Crippen LogP contribution is 2.21. The molecule has 23 heavy (non-hydrogen) atoms. The summed E-state index contributed by atoms with van der Waals surface area (Å²) in [6.45, 7) is 2.26. The molecule has 2 aromatic rings. The van der Waals surface area contributed by atoms with E-state index in [1.54, 1.807) is 0 Å². The van der Waals surface area contributed by atoms with Gasteiger partial charge >= 0.3 is 0 Å². The van der Waals surface area contributed by atoms with Gasteiger partial charge in [-0.1, -0.05) is 57.2 Å². The van der Waals surface area contributed by atoms with Gasteiger partial charge in [0, 0.05) is 11.8 Å². The fourth-order valence-corrected chi connectivity index (χ4v) is 2.72. The minimum atomic E-state index is 0.823. The summed E-state index contributed by atoms with van der Waals surface area (Å²) in [7, 11) is 0. The molecule has 0 unspecified atom stereocenters. The van der Waals surface area contributed by atoms with Crippen molar-refractivity contribution in [2.45, 2.75) is 51.9 Å². The second-order valence-electron chi connectivity index (χ2n) is 5.82. The molecule has 0 spiro atoms. The zero-order valence-corrected chi connectivity index (χ0v) is 14.6. The summed E-state index contributed by atoms with van der Waals surface area (Å²) in [6.07, 6.45) is 11.1. The van der Waals surface area contributed by atoms with Crippen LogP contribution in [0.4, 0.5) is 5.69 Å². The maximum atomic E-state index is 4.61. The summed E-state index contributed by atoms with van der Waals surface area (Å²) in [6, 6.07) is 12.2. The molecule has 0 saturated carbocycles. The molecule has 0 fully saturated rings. The molecule has 1 aromatic carbocycles. The molecule has 0 aliphatic heterocycles. The van der Waals surface area contributed by atoms with Gasteiger partial charge in [-0.3, -0.25) is 4.98 Å². The number of benzene rings is 1. The van der Waals surface area contributed by atoms with Gasteiger partial charge in [0.05, 0.1) is 16.5 Å². The van der Waals surface area contributed by atoms with Crippen LogP contribution in [0.25, 0.3) is 11.3 Å². The lowest BCUT2D eigenvalue weighted by Crippen LogP contribution is -1.89. The Kier molecular flexibility index (Phi) is 7.65. The maximum absolute atomic E-state index is 4.61. The number of thiocarbonyl (C=S) groups is 1. The van der Waals surface area contributed by atoms with E-state index >= 15 is 0 Å². The number of nitrogens with zero attached hydrogens (tertiary/aromatic N) is 2. The Morgan fingerprint density at radius 3 is 2.35 bits per heavy atom. The van der Waals surface area contributed by atoms with Crippen molar-refractivity contribution < 1.29 is 0 Å². The topological polar surface area (TPSA) is 25.2 Å². The largest absolute Gasteiger partial charge is 0.256 e. The van der Waals surface area contributed by atoms with Gasteiger partial charge in [0.2, 0.25) is 0 Å². The molecule has 0 bridgehead atoms. The van der Waals surface area contributed by atoms with Gasteiger partial charge in [-0.25, -0.2) is 0 Å². The lowest BCUT2D eigenvalue weighted by Gasteiger charge is -2.04. The zero-order valence-electron chi connectivity index (χ0n) is 13.8. The van der Waals surface area contributed by atoms with Gasteiger partial charge in [0.1, 0.15) is 0 Å². The minimum absolute atomic E-state index is 0.823. The van der Waals surface area contributed by atoms with E-state index in [0.717, 1.165) is 23.4 Å². The third-order valence-corrected chi connectivity index (χ3v) is 4.07. The van der Waals surface area contributed by atoms with E-state index in [4.69, 9.17) is 0 Å². The summed E-state index contributed by atoms with van der Waals surface area (Å²) in [4.78, 5) is 8.55. The van der Waals surface area contributed by atoms with Crippen LogP contribution in [0, 0.1) is 0 Å². The summed E-state index contributed by atoms with van der Waals surface area (Å²) in [5.74, 6) is 0. The van der Waals surface area contributed by atoms with E-state index in [2.05, 4.69) is 46.4 Å². The number of pyridine rings is 1. The first-order chi connectivity index (χ1) is 11.3. The molecule has 0 aliphatic carbocycles. The molecule has 1 heterocycles. The monoisotopic (exact) mass is 324 g/mol. The standard InChI is InChI=1S/C20H24N2S/c1-2-3-4-5-6-7-8-17-9-14-20(21-15-17)18-10-12-19(13-11-18)22-16-23/h9-15H,2-8H2,1H3. The van der Waals surface area contributed by atoms with Crippen LogP contribution in [-0.4, -0.2) is 10.1 Å². The Bertz CT molecular complexity index is 626. The predicted octanol–water partition coefficient (Wildman–Crippen LogP) is 6.39. The number of aliphatic imine (C=N–C) groups is 1. The van der Waals surface area contributed by atoms with Crippen LogP contribution >= 0.6 is 12.2 Å². The first kappa shape index (κ1) is 17.5.